The molecule has 1 heterocycles. The van der Waals surface area contributed by atoms with Gasteiger partial charge in [-0.1, -0.05) is 36.4 Å². The number of anilines is 1. The Kier molecular flexibility index (Phi) is 6.41. The number of benzene rings is 3. The highest BCUT2D eigenvalue weighted by Gasteiger charge is 2.33. The molecule has 9 heteroatoms. The lowest BCUT2D eigenvalue weighted by atomic mass is 10.00. The maximum Gasteiger partial charge on any atom is 0.269 e. The van der Waals surface area contributed by atoms with E-state index >= 15 is 0 Å². The van der Waals surface area contributed by atoms with Crippen LogP contribution in [0.25, 0.3) is 6.08 Å². The molecular weight excluding hydrogens is 454 g/mol. The highest BCUT2D eigenvalue weighted by atomic mass is 32.2. The molecule has 1 atom stereocenters. The van der Waals surface area contributed by atoms with Crippen LogP contribution in [0.5, 0.6) is 5.75 Å². The molecule has 3 aromatic carbocycles. The fraction of sp³-hybridized carbons (Fsp3) is 0.200. The first-order valence-corrected chi connectivity index (χ1v) is 12.1. The summed E-state index contributed by atoms with van der Waals surface area (Å²) in [4.78, 5) is 10.8. The normalized spacial score (nSPS) is 17.1. The molecule has 0 spiro atoms. The van der Waals surface area contributed by atoms with Crippen LogP contribution < -0.4 is 10.1 Å². The van der Waals surface area contributed by atoms with E-state index < -0.39 is 20.5 Å². The molecule has 1 unspecified atom stereocenters. The van der Waals surface area contributed by atoms with Crippen molar-refractivity contribution in [1.82, 2.24) is 4.31 Å². The minimum atomic E-state index is -3.64. The van der Waals surface area contributed by atoms with Gasteiger partial charge >= 0.3 is 0 Å². The number of nitrogens with zero attached hydrogens (tertiary/aromatic N) is 2. The fourth-order valence-electron chi connectivity index (χ4n) is 3.80. The SMILES string of the molecule is CN(CC1(C)C=Cc2cc(NCc3cccc([N+](=O)[O-])c3)ccc2O1)S(=O)(=O)c1ccccc1. The Bertz CT molecular complexity index is 1340. The quantitative estimate of drug-likeness (QED) is 0.371. The molecule has 0 radical (unpaired) electrons. The number of nitrogens with one attached hydrogen (secondary N) is 1. The Hall–Kier alpha value is -3.69. The minimum absolute atomic E-state index is 0.0552. The zero-order chi connectivity index (χ0) is 24.3. The van der Waals surface area contributed by atoms with E-state index in [1.165, 1.54) is 10.4 Å². The van der Waals surface area contributed by atoms with Crippen LogP contribution in [-0.4, -0.2) is 36.8 Å². The number of nitro groups is 1. The van der Waals surface area contributed by atoms with Gasteiger partial charge in [-0.2, -0.15) is 4.31 Å². The van der Waals surface area contributed by atoms with E-state index in [0.29, 0.717) is 12.3 Å². The van der Waals surface area contributed by atoms with Crippen molar-refractivity contribution in [1.29, 1.82) is 0 Å². The van der Waals surface area contributed by atoms with Gasteiger partial charge in [-0.05, 0) is 48.9 Å². The second-order valence-electron chi connectivity index (χ2n) is 8.36. The average Bonchev–Trinajstić information content (AvgIpc) is 2.83. The van der Waals surface area contributed by atoms with E-state index in [2.05, 4.69) is 5.32 Å². The second kappa shape index (κ2) is 9.28. The number of rotatable bonds is 8. The van der Waals surface area contributed by atoms with Crippen LogP contribution in [0.2, 0.25) is 0 Å². The zero-order valence-electron chi connectivity index (χ0n) is 18.8. The lowest BCUT2D eigenvalue weighted by Gasteiger charge is -2.34. The number of fused-ring (bicyclic) bond motifs is 1. The fourth-order valence-corrected chi connectivity index (χ4v) is 5.09. The summed E-state index contributed by atoms with van der Waals surface area (Å²) in [6.07, 6.45) is 3.77. The summed E-state index contributed by atoms with van der Waals surface area (Å²) in [7, 11) is -2.09. The predicted molar refractivity (Wildman–Crippen MR) is 131 cm³/mol. The summed E-state index contributed by atoms with van der Waals surface area (Å²) < 4.78 is 33.3. The molecule has 3 aromatic rings. The van der Waals surface area contributed by atoms with Crippen LogP contribution in [0.4, 0.5) is 11.4 Å². The maximum atomic E-state index is 12.9. The summed E-state index contributed by atoms with van der Waals surface area (Å²) in [6, 6.07) is 20.4. The molecule has 0 saturated heterocycles. The van der Waals surface area contributed by atoms with Crippen molar-refractivity contribution in [3.63, 3.8) is 0 Å². The van der Waals surface area contributed by atoms with Gasteiger partial charge in [0.1, 0.15) is 11.4 Å². The van der Waals surface area contributed by atoms with Gasteiger partial charge in [0, 0.05) is 37.0 Å². The maximum absolute atomic E-state index is 12.9. The van der Waals surface area contributed by atoms with Gasteiger partial charge < -0.3 is 10.1 Å². The molecule has 1 N–H and O–H groups in total. The molecule has 176 valence electrons. The lowest BCUT2D eigenvalue weighted by molar-refractivity contribution is -0.384. The Labute approximate surface area is 198 Å². The van der Waals surface area contributed by atoms with Gasteiger partial charge in [0.05, 0.1) is 16.4 Å². The van der Waals surface area contributed by atoms with Crippen LogP contribution in [0.15, 0.2) is 83.8 Å². The first-order chi connectivity index (χ1) is 16.2. The molecule has 0 aliphatic carbocycles. The summed E-state index contributed by atoms with van der Waals surface area (Å²) in [5, 5.41) is 14.2. The van der Waals surface area contributed by atoms with Gasteiger partial charge in [-0.3, -0.25) is 10.1 Å². The molecule has 1 aliphatic heterocycles. The molecule has 4 rings (SSSR count). The van der Waals surface area contributed by atoms with Crippen molar-refractivity contribution in [3.8, 4) is 5.75 Å². The molecular formula is C25H25N3O5S. The summed E-state index contributed by atoms with van der Waals surface area (Å²) in [5.74, 6) is 0.649. The number of nitro benzene ring substituents is 1. The molecule has 8 nitrogen and oxygen atoms in total. The van der Waals surface area contributed by atoms with Gasteiger partial charge in [-0.25, -0.2) is 8.42 Å². The van der Waals surface area contributed by atoms with Crippen molar-refractivity contribution >= 4 is 27.5 Å². The molecule has 0 saturated carbocycles. The largest absolute Gasteiger partial charge is 0.481 e. The number of hydrogen-bond acceptors (Lipinski definition) is 6. The number of hydrogen-bond donors (Lipinski definition) is 1. The zero-order valence-corrected chi connectivity index (χ0v) is 19.7. The van der Waals surface area contributed by atoms with E-state index in [1.54, 1.807) is 49.5 Å². The van der Waals surface area contributed by atoms with Crippen molar-refractivity contribution in [2.75, 3.05) is 18.9 Å². The van der Waals surface area contributed by atoms with Crippen molar-refractivity contribution < 1.29 is 18.1 Å². The monoisotopic (exact) mass is 479 g/mol. The van der Waals surface area contributed by atoms with E-state index in [1.807, 2.05) is 43.3 Å². The van der Waals surface area contributed by atoms with Crippen LogP contribution in [-0.2, 0) is 16.6 Å². The smallest absolute Gasteiger partial charge is 0.269 e. The van der Waals surface area contributed by atoms with Gasteiger partial charge in [0.15, 0.2) is 0 Å². The Morgan fingerprint density at radius 2 is 1.82 bits per heavy atom. The summed E-state index contributed by atoms with van der Waals surface area (Å²) in [5.41, 5.74) is 1.72. The lowest BCUT2D eigenvalue weighted by Crippen LogP contribution is -2.45. The number of sulfonamides is 1. The first kappa shape index (κ1) is 23.5. The Morgan fingerprint density at radius 1 is 1.06 bits per heavy atom. The Morgan fingerprint density at radius 3 is 2.56 bits per heavy atom. The van der Waals surface area contributed by atoms with E-state index in [9.17, 15) is 18.5 Å². The van der Waals surface area contributed by atoms with Crippen LogP contribution in [0.3, 0.4) is 0 Å². The van der Waals surface area contributed by atoms with Gasteiger partial charge in [0.25, 0.3) is 5.69 Å². The molecule has 0 amide bonds. The third kappa shape index (κ3) is 5.11. The molecule has 1 aliphatic rings. The third-order valence-corrected chi connectivity index (χ3v) is 7.39. The highest BCUT2D eigenvalue weighted by molar-refractivity contribution is 7.89. The molecule has 0 bridgehead atoms. The third-order valence-electron chi connectivity index (χ3n) is 5.57. The first-order valence-electron chi connectivity index (χ1n) is 10.7. The van der Waals surface area contributed by atoms with Crippen molar-refractivity contribution in [2.45, 2.75) is 24.0 Å². The van der Waals surface area contributed by atoms with E-state index in [-0.39, 0.29) is 17.1 Å². The summed E-state index contributed by atoms with van der Waals surface area (Å²) in [6.45, 7) is 2.43. The van der Waals surface area contributed by atoms with Crippen LogP contribution >= 0.6 is 0 Å². The number of likely N-dealkylation sites (N-methyl/N-ethyl adjacent to an activating group) is 1. The van der Waals surface area contributed by atoms with Gasteiger partial charge in [-0.15, -0.1) is 0 Å². The second-order valence-corrected chi connectivity index (χ2v) is 10.4. The van der Waals surface area contributed by atoms with E-state index in [4.69, 9.17) is 4.74 Å². The summed E-state index contributed by atoms with van der Waals surface area (Å²) >= 11 is 0. The van der Waals surface area contributed by atoms with Crippen molar-refractivity contribution in [3.05, 3.63) is 100 Å². The number of ether oxygens (including phenoxy) is 1. The molecule has 0 fully saturated rings. The topological polar surface area (TPSA) is 102 Å². The van der Waals surface area contributed by atoms with Crippen LogP contribution in [0.1, 0.15) is 18.1 Å². The number of non-ortho nitro benzene ring substituents is 1. The molecule has 34 heavy (non-hydrogen) atoms. The highest BCUT2D eigenvalue weighted by Crippen LogP contribution is 2.34. The van der Waals surface area contributed by atoms with Crippen LogP contribution in [0, 0.1) is 10.1 Å². The average molecular weight is 480 g/mol. The predicted octanol–water partition coefficient (Wildman–Crippen LogP) is 4.69. The van der Waals surface area contributed by atoms with Crippen molar-refractivity contribution in [2.24, 2.45) is 0 Å². The van der Waals surface area contributed by atoms with Gasteiger partial charge in [0.2, 0.25) is 10.0 Å². The standard InChI is InChI=1S/C25H25N3O5S/c1-25(18-27(2)34(31,32)23-9-4-3-5-10-23)14-13-20-16-21(11-12-24(20)33-25)26-17-19-7-6-8-22(15-19)28(29)30/h3-16,26H,17-18H2,1-2H3. The molecule has 0 aromatic heterocycles. The Balaban J connectivity index is 1.44. The minimum Gasteiger partial charge on any atom is -0.481 e. The van der Waals surface area contributed by atoms with E-state index in [0.717, 1.165) is 16.8 Å².